The van der Waals surface area contributed by atoms with Crippen molar-refractivity contribution in [2.75, 3.05) is 6.54 Å². The molecule has 0 radical (unpaired) electrons. The normalized spacial score (nSPS) is 14.4. The van der Waals surface area contributed by atoms with E-state index in [-0.39, 0.29) is 17.4 Å². The van der Waals surface area contributed by atoms with Crippen molar-refractivity contribution in [3.8, 4) is 0 Å². The molecule has 16 heavy (non-hydrogen) atoms. The molecule has 0 fully saturated rings. The van der Waals surface area contributed by atoms with Crippen molar-refractivity contribution >= 4 is 5.91 Å². The molecule has 0 aromatic carbocycles. The molecule has 3 nitrogen and oxygen atoms in total. The molecule has 0 saturated heterocycles. The molecule has 1 amide bonds. The van der Waals surface area contributed by atoms with E-state index in [1.54, 1.807) is 0 Å². The van der Waals surface area contributed by atoms with E-state index in [1.807, 2.05) is 39.5 Å². The van der Waals surface area contributed by atoms with Crippen molar-refractivity contribution in [3.63, 3.8) is 0 Å². The number of carbonyl (C=O) groups is 1. The van der Waals surface area contributed by atoms with E-state index >= 15 is 0 Å². The number of amides is 1. The van der Waals surface area contributed by atoms with Crippen molar-refractivity contribution in [2.24, 2.45) is 17.1 Å². The summed E-state index contributed by atoms with van der Waals surface area (Å²) in [5, 5.41) is 0. The van der Waals surface area contributed by atoms with Crippen LogP contribution in [0.2, 0.25) is 0 Å². The number of hydrogen-bond acceptors (Lipinski definition) is 2. The first-order chi connectivity index (χ1) is 7.07. The van der Waals surface area contributed by atoms with Crippen LogP contribution in [-0.4, -0.2) is 29.4 Å². The molecule has 0 aliphatic heterocycles. The number of nitrogens with two attached hydrogens (primary N) is 1. The molecule has 0 bridgehead atoms. The van der Waals surface area contributed by atoms with E-state index in [0.717, 1.165) is 6.54 Å². The predicted octanol–water partition coefficient (Wildman–Crippen LogP) is 2.25. The van der Waals surface area contributed by atoms with Gasteiger partial charge in [-0.3, -0.25) is 4.79 Å². The molecule has 0 heterocycles. The van der Waals surface area contributed by atoms with Crippen LogP contribution in [-0.2, 0) is 4.79 Å². The average Bonchev–Trinajstić information content (AvgIpc) is 2.09. The lowest BCUT2D eigenvalue weighted by atomic mass is 9.86. The van der Waals surface area contributed by atoms with Crippen LogP contribution < -0.4 is 5.73 Å². The highest BCUT2D eigenvalue weighted by atomic mass is 16.2. The van der Waals surface area contributed by atoms with E-state index in [1.165, 1.54) is 0 Å². The highest BCUT2D eigenvalue weighted by Gasteiger charge is 2.32. The summed E-state index contributed by atoms with van der Waals surface area (Å²) in [7, 11) is 0. The summed E-state index contributed by atoms with van der Waals surface area (Å²) in [5.41, 5.74) is 5.84. The summed E-state index contributed by atoms with van der Waals surface area (Å²) in [6, 6.07) is -0.211. The Hall–Kier alpha value is -0.570. The van der Waals surface area contributed by atoms with Crippen molar-refractivity contribution in [2.45, 2.75) is 60.5 Å². The van der Waals surface area contributed by atoms with Gasteiger partial charge in [-0.1, -0.05) is 34.6 Å². The minimum absolute atomic E-state index is 0.0659. The monoisotopic (exact) mass is 228 g/mol. The van der Waals surface area contributed by atoms with Crippen LogP contribution in [0.5, 0.6) is 0 Å². The minimum Gasteiger partial charge on any atom is -0.339 e. The van der Waals surface area contributed by atoms with Gasteiger partial charge in [0.15, 0.2) is 0 Å². The Bertz CT molecular complexity index is 229. The third-order valence-corrected chi connectivity index (χ3v) is 2.67. The number of hydrogen-bond donors (Lipinski definition) is 1. The molecule has 0 aromatic rings. The molecule has 1 atom stereocenters. The molecule has 0 saturated carbocycles. The van der Waals surface area contributed by atoms with Crippen LogP contribution >= 0.6 is 0 Å². The first-order valence-electron chi connectivity index (χ1n) is 6.13. The molecule has 2 N–H and O–H groups in total. The van der Waals surface area contributed by atoms with Gasteiger partial charge in [0.1, 0.15) is 0 Å². The van der Waals surface area contributed by atoms with Crippen molar-refractivity contribution in [1.29, 1.82) is 0 Å². The van der Waals surface area contributed by atoms with Gasteiger partial charge in [0.25, 0.3) is 0 Å². The van der Waals surface area contributed by atoms with Crippen LogP contribution in [0.3, 0.4) is 0 Å². The Morgan fingerprint density at radius 2 is 1.62 bits per heavy atom. The first-order valence-corrected chi connectivity index (χ1v) is 6.13. The van der Waals surface area contributed by atoms with Crippen molar-refractivity contribution in [3.05, 3.63) is 0 Å². The second kappa shape index (κ2) is 5.67. The van der Waals surface area contributed by atoms with E-state index in [9.17, 15) is 4.79 Å². The summed E-state index contributed by atoms with van der Waals surface area (Å²) in [4.78, 5) is 14.2. The molecule has 1 unspecified atom stereocenters. The van der Waals surface area contributed by atoms with E-state index < -0.39 is 6.04 Å². The van der Waals surface area contributed by atoms with E-state index in [4.69, 9.17) is 5.73 Å². The van der Waals surface area contributed by atoms with Gasteiger partial charge < -0.3 is 10.6 Å². The van der Waals surface area contributed by atoms with Crippen molar-refractivity contribution in [1.82, 2.24) is 4.90 Å². The highest BCUT2D eigenvalue weighted by Crippen LogP contribution is 2.20. The maximum absolute atomic E-state index is 12.3. The first kappa shape index (κ1) is 15.4. The second-order valence-corrected chi connectivity index (χ2v) is 6.32. The molecule has 0 rings (SSSR count). The molecular weight excluding hydrogens is 200 g/mol. The zero-order valence-electron chi connectivity index (χ0n) is 11.9. The fourth-order valence-corrected chi connectivity index (χ4v) is 1.50. The summed E-state index contributed by atoms with van der Waals surface area (Å²) in [6.07, 6.45) is 0. The predicted molar refractivity (Wildman–Crippen MR) is 69.1 cm³/mol. The third-order valence-electron chi connectivity index (χ3n) is 2.67. The van der Waals surface area contributed by atoms with Gasteiger partial charge in [-0.15, -0.1) is 0 Å². The molecule has 96 valence electrons. The summed E-state index contributed by atoms with van der Waals surface area (Å²) < 4.78 is 0. The molecule has 0 aromatic heterocycles. The topological polar surface area (TPSA) is 46.3 Å². The van der Waals surface area contributed by atoms with E-state index in [2.05, 4.69) is 13.8 Å². The Balaban J connectivity index is 4.75. The quantitative estimate of drug-likeness (QED) is 0.802. The summed E-state index contributed by atoms with van der Waals surface area (Å²) >= 11 is 0. The van der Waals surface area contributed by atoms with Crippen LogP contribution in [0, 0.1) is 11.3 Å². The van der Waals surface area contributed by atoms with Gasteiger partial charge in [0, 0.05) is 12.6 Å². The minimum atomic E-state index is -0.423. The van der Waals surface area contributed by atoms with E-state index in [0.29, 0.717) is 5.92 Å². The van der Waals surface area contributed by atoms with Gasteiger partial charge in [-0.05, 0) is 25.2 Å². The maximum atomic E-state index is 12.3. The Morgan fingerprint density at radius 3 is 1.88 bits per heavy atom. The van der Waals surface area contributed by atoms with Crippen LogP contribution in [0.4, 0.5) is 0 Å². The number of rotatable bonds is 4. The zero-order valence-corrected chi connectivity index (χ0v) is 11.9. The molecule has 0 spiro atoms. The lowest BCUT2D eigenvalue weighted by Gasteiger charge is -2.35. The highest BCUT2D eigenvalue weighted by molar-refractivity contribution is 5.82. The Labute approximate surface area is 100 Å². The van der Waals surface area contributed by atoms with Crippen LogP contribution in [0.15, 0.2) is 0 Å². The smallest absolute Gasteiger partial charge is 0.240 e. The largest absolute Gasteiger partial charge is 0.339 e. The molecule has 0 aliphatic carbocycles. The SMILES string of the molecule is CC(C)CN(C(=O)C(N)C(C)(C)C)C(C)C. The van der Waals surface area contributed by atoms with Gasteiger partial charge in [-0.25, -0.2) is 0 Å². The molecular formula is C13H28N2O. The summed E-state index contributed by atoms with van der Waals surface area (Å²) in [6.45, 7) is 15.1. The second-order valence-electron chi connectivity index (χ2n) is 6.32. The molecule has 3 heteroatoms. The standard InChI is InChI=1S/C13H28N2O/c1-9(2)8-15(10(3)4)12(16)11(14)13(5,6)7/h9-11H,8,14H2,1-7H3. The van der Waals surface area contributed by atoms with Gasteiger partial charge in [0.2, 0.25) is 5.91 Å². The maximum Gasteiger partial charge on any atom is 0.240 e. The number of carbonyl (C=O) groups excluding carboxylic acids is 1. The average molecular weight is 228 g/mol. The Morgan fingerprint density at radius 1 is 1.19 bits per heavy atom. The van der Waals surface area contributed by atoms with Crippen LogP contribution in [0.25, 0.3) is 0 Å². The zero-order chi connectivity index (χ0) is 13.1. The van der Waals surface area contributed by atoms with Crippen LogP contribution in [0.1, 0.15) is 48.5 Å². The fourth-order valence-electron chi connectivity index (χ4n) is 1.50. The number of nitrogens with zero attached hydrogens (tertiary/aromatic N) is 1. The van der Waals surface area contributed by atoms with Gasteiger partial charge >= 0.3 is 0 Å². The molecule has 0 aliphatic rings. The van der Waals surface area contributed by atoms with Gasteiger partial charge in [0.05, 0.1) is 6.04 Å². The fraction of sp³-hybridized carbons (Fsp3) is 0.923. The van der Waals surface area contributed by atoms with Crippen molar-refractivity contribution < 1.29 is 4.79 Å². The van der Waals surface area contributed by atoms with Gasteiger partial charge in [-0.2, -0.15) is 0 Å². The lowest BCUT2D eigenvalue weighted by Crippen LogP contribution is -2.53. The lowest BCUT2D eigenvalue weighted by molar-refractivity contribution is -0.137. The Kier molecular flexibility index (Phi) is 5.47. The third kappa shape index (κ3) is 4.52. The summed E-state index contributed by atoms with van der Waals surface area (Å²) in [5.74, 6) is 0.537.